The number of urea groups is 1. The van der Waals surface area contributed by atoms with E-state index in [4.69, 9.17) is 0 Å². The van der Waals surface area contributed by atoms with E-state index in [1.165, 1.54) is 18.3 Å². The molecule has 10 heteroatoms. The molecule has 0 aromatic carbocycles. The highest BCUT2D eigenvalue weighted by atomic mass is 32.2. The normalized spacial score (nSPS) is 11.8. The highest BCUT2D eigenvalue weighted by Gasteiger charge is 2.12. The lowest BCUT2D eigenvalue weighted by Crippen LogP contribution is -2.31. The maximum absolute atomic E-state index is 11.6. The van der Waals surface area contributed by atoms with Crippen molar-refractivity contribution in [2.45, 2.75) is 16.5 Å². The lowest BCUT2D eigenvalue weighted by atomic mass is 10.5. The number of aliphatic carboxylic acids is 1. The van der Waals surface area contributed by atoms with Gasteiger partial charge in [0.1, 0.15) is 0 Å². The van der Waals surface area contributed by atoms with Gasteiger partial charge in [0.25, 0.3) is 0 Å². The van der Waals surface area contributed by atoms with E-state index in [-0.39, 0.29) is 0 Å². The Morgan fingerprint density at radius 1 is 1.40 bits per heavy atom. The van der Waals surface area contributed by atoms with E-state index in [9.17, 15) is 14.7 Å². The van der Waals surface area contributed by atoms with Crippen molar-refractivity contribution >= 4 is 56.6 Å². The predicted octanol–water partition coefficient (Wildman–Crippen LogP) is 1.47. The summed E-state index contributed by atoms with van der Waals surface area (Å²) in [7, 11) is 0. The zero-order valence-electron chi connectivity index (χ0n) is 10.2. The summed E-state index contributed by atoms with van der Waals surface area (Å²) in [5.74, 6) is -1.17. The Hall–Kier alpha value is -1.65. The third kappa shape index (κ3) is 4.18. The Morgan fingerprint density at radius 3 is 2.85 bits per heavy atom. The first-order chi connectivity index (χ1) is 9.54. The number of carboxylic acid groups (broad SMARTS) is 1. The Kier molecular flexibility index (Phi) is 4.93. The fourth-order valence-corrected chi connectivity index (χ4v) is 3.53. The third-order valence-electron chi connectivity index (χ3n) is 1.99. The molecule has 2 N–H and O–H groups in total. The topological polar surface area (TPSA) is 107 Å². The second-order valence-corrected chi connectivity index (χ2v) is 7.02. The molecule has 2 amide bonds. The molecule has 0 aliphatic rings. The summed E-state index contributed by atoms with van der Waals surface area (Å²) in [4.78, 5) is 22.2. The molecule has 0 fully saturated rings. The van der Waals surface area contributed by atoms with E-state index in [2.05, 4.69) is 20.8 Å². The molecular formula is C10H9N4O3S3-. The Labute approximate surface area is 126 Å². The van der Waals surface area contributed by atoms with Crippen LogP contribution in [0.2, 0.25) is 0 Å². The number of hydrogen-bond donors (Lipinski definition) is 2. The molecule has 20 heavy (non-hydrogen) atoms. The van der Waals surface area contributed by atoms with Gasteiger partial charge in [-0.05, 0) is 24.4 Å². The number of amides is 2. The van der Waals surface area contributed by atoms with Crippen LogP contribution in [0.3, 0.4) is 0 Å². The van der Waals surface area contributed by atoms with Gasteiger partial charge in [0.15, 0.2) is 4.34 Å². The zero-order chi connectivity index (χ0) is 14.5. The van der Waals surface area contributed by atoms with E-state index in [1.807, 2.05) is 11.4 Å². The largest absolute Gasteiger partial charge is 0.549 e. The molecule has 1 atom stereocenters. The zero-order valence-corrected chi connectivity index (χ0v) is 12.6. The van der Waals surface area contributed by atoms with Gasteiger partial charge in [-0.2, -0.15) is 0 Å². The van der Waals surface area contributed by atoms with Crippen molar-refractivity contribution in [2.24, 2.45) is 0 Å². The minimum absolute atomic E-state index is 0.298. The van der Waals surface area contributed by atoms with Crippen LogP contribution >= 0.6 is 34.4 Å². The fraction of sp³-hybridized carbons (Fsp3) is 0.200. The smallest absolute Gasteiger partial charge is 0.326 e. The van der Waals surface area contributed by atoms with Gasteiger partial charge in [-0.15, -0.1) is 21.5 Å². The van der Waals surface area contributed by atoms with Crippen LogP contribution in [0.25, 0.3) is 0 Å². The van der Waals surface area contributed by atoms with E-state index in [1.54, 1.807) is 6.07 Å². The molecule has 0 spiro atoms. The second kappa shape index (κ2) is 6.68. The molecule has 2 aromatic rings. The number of thioether (sulfide) groups is 1. The Bertz CT molecular complexity index is 599. The van der Waals surface area contributed by atoms with Crippen LogP contribution in [0.15, 0.2) is 21.9 Å². The standard InChI is InChI=1S/C10H10N4O3S3/c1-5(7(15)16)19-10-14-13-9(20-10)12-8(17)11-6-3-2-4-18-6/h2-5H,1H3,(H,15,16)(H2,11,12,13,17)/p-1/t5-/m0/s1. The summed E-state index contributed by atoms with van der Waals surface area (Å²) in [6.07, 6.45) is 0. The molecular weight excluding hydrogens is 320 g/mol. The Morgan fingerprint density at radius 2 is 2.20 bits per heavy atom. The first kappa shape index (κ1) is 14.8. The molecule has 0 unspecified atom stereocenters. The van der Waals surface area contributed by atoms with E-state index in [0.29, 0.717) is 14.5 Å². The highest BCUT2D eigenvalue weighted by Crippen LogP contribution is 2.28. The average molecular weight is 329 g/mol. The molecule has 2 heterocycles. The first-order valence-electron chi connectivity index (χ1n) is 5.37. The third-order valence-corrected chi connectivity index (χ3v) is 4.78. The summed E-state index contributed by atoms with van der Waals surface area (Å²) in [5.41, 5.74) is 0. The van der Waals surface area contributed by atoms with Gasteiger partial charge in [0.05, 0.1) is 11.0 Å². The molecule has 0 saturated heterocycles. The van der Waals surface area contributed by atoms with Crippen LogP contribution in [0.4, 0.5) is 14.9 Å². The van der Waals surface area contributed by atoms with Crippen molar-refractivity contribution in [1.82, 2.24) is 10.2 Å². The molecule has 2 rings (SSSR count). The molecule has 0 bridgehead atoms. The van der Waals surface area contributed by atoms with Crippen molar-refractivity contribution in [3.8, 4) is 0 Å². The maximum Gasteiger partial charge on any atom is 0.326 e. The fourth-order valence-electron chi connectivity index (χ4n) is 1.10. The monoisotopic (exact) mass is 329 g/mol. The molecule has 0 saturated carbocycles. The molecule has 7 nitrogen and oxygen atoms in total. The number of rotatable bonds is 5. The number of carbonyl (C=O) groups is 2. The number of hydrogen-bond acceptors (Lipinski definition) is 8. The number of carboxylic acids is 1. The number of anilines is 2. The minimum Gasteiger partial charge on any atom is -0.549 e. The van der Waals surface area contributed by atoms with Crippen LogP contribution in [0.1, 0.15) is 6.92 Å². The first-order valence-corrected chi connectivity index (χ1v) is 7.94. The highest BCUT2D eigenvalue weighted by molar-refractivity contribution is 8.02. The Balaban J connectivity index is 1.89. The predicted molar refractivity (Wildman–Crippen MR) is 77.2 cm³/mol. The SMILES string of the molecule is C[C@H](Sc1nnc(NC(=O)Nc2cccs2)s1)C(=O)[O-]. The lowest BCUT2D eigenvalue weighted by molar-refractivity contribution is -0.304. The van der Waals surface area contributed by atoms with Crippen molar-refractivity contribution in [3.63, 3.8) is 0 Å². The molecule has 2 aromatic heterocycles. The summed E-state index contributed by atoms with van der Waals surface area (Å²) < 4.78 is 0.452. The van der Waals surface area contributed by atoms with Crippen molar-refractivity contribution in [3.05, 3.63) is 17.5 Å². The van der Waals surface area contributed by atoms with E-state index in [0.717, 1.165) is 23.1 Å². The molecule has 0 aliphatic carbocycles. The van der Waals surface area contributed by atoms with Crippen molar-refractivity contribution < 1.29 is 14.7 Å². The van der Waals surface area contributed by atoms with Crippen LogP contribution in [0, 0.1) is 0 Å². The van der Waals surface area contributed by atoms with Crippen molar-refractivity contribution in [2.75, 3.05) is 10.6 Å². The van der Waals surface area contributed by atoms with Gasteiger partial charge in [0.2, 0.25) is 5.13 Å². The molecule has 0 radical (unpaired) electrons. The minimum atomic E-state index is -1.17. The lowest BCUT2D eigenvalue weighted by Gasteiger charge is -2.08. The maximum atomic E-state index is 11.6. The number of aromatic nitrogens is 2. The average Bonchev–Trinajstić information content (AvgIpc) is 3.01. The van der Waals surface area contributed by atoms with Gasteiger partial charge in [-0.25, -0.2) is 4.79 Å². The molecule has 106 valence electrons. The van der Waals surface area contributed by atoms with Crippen LogP contribution in [0.5, 0.6) is 0 Å². The van der Waals surface area contributed by atoms with E-state index < -0.39 is 17.3 Å². The quantitative estimate of drug-likeness (QED) is 0.635. The number of nitrogens with one attached hydrogen (secondary N) is 2. The number of thiophene rings is 1. The molecule has 0 aliphatic heterocycles. The van der Waals surface area contributed by atoms with Gasteiger partial charge >= 0.3 is 6.03 Å². The summed E-state index contributed by atoms with van der Waals surface area (Å²) in [6.45, 7) is 1.50. The van der Waals surface area contributed by atoms with E-state index >= 15 is 0 Å². The van der Waals surface area contributed by atoms with Gasteiger partial charge in [-0.1, -0.05) is 23.1 Å². The summed E-state index contributed by atoms with van der Waals surface area (Å²) in [6, 6.07) is 3.17. The van der Waals surface area contributed by atoms with Crippen molar-refractivity contribution in [1.29, 1.82) is 0 Å². The summed E-state index contributed by atoms with van der Waals surface area (Å²) >= 11 is 3.52. The van der Waals surface area contributed by atoms with Gasteiger partial charge in [0, 0.05) is 5.25 Å². The van der Waals surface area contributed by atoms with Crippen LogP contribution in [-0.4, -0.2) is 27.4 Å². The second-order valence-electron chi connectivity index (χ2n) is 3.51. The van der Waals surface area contributed by atoms with Crippen LogP contribution < -0.4 is 15.7 Å². The van der Waals surface area contributed by atoms with Gasteiger partial charge in [-0.3, -0.25) is 10.6 Å². The summed E-state index contributed by atoms with van der Waals surface area (Å²) in [5, 5.41) is 25.5. The number of carbonyl (C=O) groups excluding carboxylic acids is 2. The van der Waals surface area contributed by atoms with Crippen LogP contribution in [-0.2, 0) is 4.79 Å². The number of nitrogens with zero attached hydrogens (tertiary/aromatic N) is 2. The van der Waals surface area contributed by atoms with Gasteiger partial charge < -0.3 is 9.90 Å².